The molecule has 21 heavy (non-hydrogen) atoms. The number of hydrogen-bond donors (Lipinski definition) is 2. The molecule has 1 aromatic rings. The second-order valence-corrected chi connectivity index (χ2v) is 4.13. The lowest BCUT2D eigenvalue weighted by molar-refractivity contribution is -0.142. The molecule has 0 aromatic heterocycles. The van der Waals surface area contributed by atoms with Gasteiger partial charge in [-0.1, -0.05) is 11.8 Å². The van der Waals surface area contributed by atoms with Crippen LogP contribution in [0, 0.1) is 17.7 Å². The highest BCUT2D eigenvalue weighted by Gasteiger charge is 2.27. The molecule has 0 unspecified atom stereocenters. The van der Waals surface area contributed by atoms with E-state index in [2.05, 4.69) is 17.2 Å². The summed E-state index contributed by atoms with van der Waals surface area (Å²) < 4.78 is 49.2. The van der Waals surface area contributed by atoms with Crippen molar-refractivity contribution in [2.24, 2.45) is 0 Å². The van der Waals surface area contributed by atoms with E-state index in [1.807, 2.05) is 0 Å². The highest BCUT2D eigenvalue weighted by Crippen LogP contribution is 2.22. The molecule has 0 spiro atoms. The number of halogens is 4. The number of aliphatic hydroxyl groups is 1. The fourth-order valence-electron chi connectivity index (χ4n) is 1.41. The molecule has 0 radical (unpaired) electrons. The van der Waals surface area contributed by atoms with Crippen LogP contribution in [0.2, 0.25) is 0 Å². The molecule has 0 aliphatic heterocycles. The van der Waals surface area contributed by atoms with Crippen LogP contribution in [0.4, 0.5) is 23.2 Å². The van der Waals surface area contributed by atoms with Crippen LogP contribution in [0.25, 0.3) is 0 Å². The van der Waals surface area contributed by atoms with Crippen molar-refractivity contribution in [2.75, 3.05) is 11.9 Å². The van der Waals surface area contributed by atoms with Crippen LogP contribution in [-0.4, -0.2) is 23.8 Å². The zero-order valence-corrected chi connectivity index (χ0v) is 10.9. The van der Waals surface area contributed by atoms with E-state index in [-0.39, 0.29) is 24.3 Å². The number of nitrogens with one attached hydrogen (secondary N) is 1. The number of carbonyl (C=O) groups excluding carboxylic acids is 1. The second-order valence-electron chi connectivity index (χ2n) is 4.13. The topological polar surface area (TPSA) is 49.3 Å². The summed E-state index contributed by atoms with van der Waals surface area (Å²) in [6.07, 6.45) is -6.20. The highest BCUT2D eigenvalue weighted by atomic mass is 19.4. The number of amides is 1. The van der Waals surface area contributed by atoms with Gasteiger partial charge in [0.1, 0.15) is 5.82 Å². The smallest absolute Gasteiger partial charge is 0.389 e. The molecule has 0 saturated heterocycles. The van der Waals surface area contributed by atoms with Gasteiger partial charge in [0.15, 0.2) is 0 Å². The summed E-state index contributed by atoms with van der Waals surface area (Å²) in [4.78, 5) is 11.4. The lowest BCUT2D eigenvalue weighted by Crippen LogP contribution is -2.17. The number of alkyl halides is 3. The number of anilines is 1. The zero-order valence-electron chi connectivity index (χ0n) is 10.9. The minimum atomic E-state index is -4.41. The number of aliphatic hydroxyl groups excluding tert-OH is 1. The Morgan fingerprint density at radius 3 is 2.67 bits per heavy atom. The zero-order chi connectivity index (χ0) is 15.9. The van der Waals surface area contributed by atoms with Gasteiger partial charge in [0.05, 0.1) is 24.3 Å². The van der Waals surface area contributed by atoms with Crippen LogP contribution >= 0.6 is 0 Å². The van der Waals surface area contributed by atoms with Crippen molar-refractivity contribution in [1.82, 2.24) is 0 Å². The van der Waals surface area contributed by atoms with Gasteiger partial charge >= 0.3 is 6.18 Å². The van der Waals surface area contributed by atoms with E-state index in [4.69, 9.17) is 5.11 Å². The van der Waals surface area contributed by atoms with Gasteiger partial charge < -0.3 is 10.4 Å². The maximum atomic E-state index is 13.1. The van der Waals surface area contributed by atoms with Crippen LogP contribution in [-0.2, 0) is 4.79 Å². The molecule has 114 valence electrons. The van der Waals surface area contributed by atoms with Crippen molar-refractivity contribution < 1.29 is 27.5 Å². The lowest BCUT2D eigenvalue weighted by atomic mass is 10.1. The molecular formula is C14H13F4NO2. The highest BCUT2D eigenvalue weighted by molar-refractivity contribution is 5.92. The number of hydrogen-bond acceptors (Lipinski definition) is 2. The summed E-state index contributed by atoms with van der Waals surface area (Å²) in [6.45, 7) is -0.171. The average Bonchev–Trinajstić information content (AvgIpc) is 2.39. The lowest BCUT2D eigenvalue weighted by Gasteiger charge is -2.09. The first-order chi connectivity index (χ1) is 9.81. The van der Waals surface area contributed by atoms with Gasteiger partial charge in [-0.3, -0.25) is 4.79 Å². The minimum Gasteiger partial charge on any atom is -0.395 e. The number of rotatable bonds is 4. The summed E-state index contributed by atoms with van der Waals surface area (Å²) in [5.41, 5.74) is 0.276. The first kappa shape index (κ1) is 17.0. The molecule has 0 saturated carbocycles. The third-order valence-electron chi connectivity index (χ3n) is 2.35. The van der Waals surface area contributed by atoms with Gasteiger partial charge in [-0.15, -0.1) is 0 Å². The quantitative estimate of drug-likeness (QED) is 0.664. The molecule has 7 heteroatoms. The van der Waals surface area contributed by atoms with Crippen molar-refractivity contribution in [1.29, 1.82) is 0 Å². The molecule has 0 aliphatic carbocycles. The summed E-state index contributed by atoms with van der Waals surface area (Å²) in [6, 6.07) is 3.35. The van der Waals surface area contributed by atoms with Crippen molar-refractivity contribution in [3.05, 3.63) is 29.6 Å². The summed E-state index contributed by atoms with van der Waals surface area (Å²) >= 11 is 0. The first-order valence-corrected chi connectivity index (χ1v) is 6.07. The minimum absolute atomic E-state index is 0.133. The Balaban J connectivity index is 2.78. The van der Waals surface area contributed by atoms with Crippen LogP contribution in [0.15, 0.2) is 18.2 Å². The van der Waals surface area contributed by atoms with Gasteiger partial charge in [0, 0.05) is 12.8 Å². The molecule has 0 atom stereocenters. The first-order valence-electron chi connectivity index (χ1n) is 6.07. The van der Waals surface area contributed by atoms with Gasteiger partial charge in [-0.25, -0.2) is 4.39 Å². The Labute approximate surface area is 119 Å². The largest absolute Gasteiger partial charge is 0.395 e. The molecular weight excluding hydrogens is 290 g/mol. The average molecular weight is 303 g/mol. The maximum Gasteiger partial charge on any atom is 0.389 e. The Morgan fingerprint density at radius 1 is 1.33 bits per heavy atom. The van der Waals surface area contributed by atoms with E-state index in [1.54, 1.807) is 0 Å². The van der Waals surface area contributed by atoms with Gasteiger partial charge in [0.2, 0.25) is 5.91 Å². The summed E-state index contributed by atoms with van der Waals surface area (Å²) in [7, 11) is 0. The predicted octanol–water partition coefficient (Wildman–Crippen LogP) is 2.84. The van der Waals surface area contributed by atoms with E-state index in [1.165, 1.54) is 6.07 Å². The number of benzene rings is 1. The second kappa shape index (κ2) is 7.64. The number of carbonyl (C=O) groups is 1. The summed E-state index contributed by atoms with van der Waals surface area (Å²) in [5, 5.41) is 10.9. The fraction of sp³-hybridized carbons (Fsp3) is 0.357. The Bertz CT molecular complexity index is 558. The molecule has 1 amide bonds. The van der Waals surface area contributed by atoms with Crippen molar-refractivity contribution >= 4 is 11.6 Å². The molecule has 1 aromatic carbocycles. The fourth-order valence-corrected chi connectivity index (χ4v) is 1.41. The molecule has 0 fully saturated rings. The summed E-state index contributed by atoms with van der Waals surface area (Å²) in [5.74, 6) is 3.68. The van der Waals surface area contributed by atoms with E-state index in [0.29, 0.717) is 0 Å². The molecule has 1 rings (SSSR count). The Hall–Kier alpha value is -2.07. The van der Waals surface area contributed by atoms with Gasteiger partial charge in [-0.05, 0) is 18.2 Å². The Kier molecular flexibility index (Phi) is 6.18. The third-order valence-corrected chi connectivity index (χ3v) is 2.35. The van der Waals surface area contributed by atoms with Crippen molar-refractivity contribution in [3.8, 4) is 11.8 Å². The van der Waals surface area contributed by atoms with Crippen molar-refractivity contribution in [3.63, 3.8) is 0 Å². The predicted molar refractivity (Wildman–Crippen MR) is 68.9 cm³/mol. The molecule has 3 nitrogen and oxygen atoms in total. The van der Waals surface area contributed by atoms with E-state index in [9.17, 15) is 22.4 Å². The van der Waals surface area contributed by atoms with Crippen LogP contribution in [0.3, 0.4) is 0 Å². The van der Waals surface area contributed by atoms with Crippen LogP contribution < -0.4 is 5.32 Å². The van der Waals surface area contributed by atoms with Crippen LogP contribution in [0.5, 0.6) is 0 Å². The van der Waals surface area contributed by atoms with E-state index < -0.39 is 30.7 Å². The Morgan fingerprint density at radius 2 is 2.05 bits per heavy atom. The molecule has 0 bridgehead atoms. The standard InChI is InChI=1S/C14H13F4NO2/c15-11-4-5-12(10(9-11)3-1-2-8-20)19-13(21)6-7-14(16,17)18/h4-5,9,20H,2,6-8H2,(H,19,21). The van der Waals surface area contributed by atoms with Crippen LogP contribution in [0.1, 0.15) is 24.8 Å². The van der Waals surface area contributed by atoms with Gasteiger partial charge in [0.25, 0.3) is 0 Å². The van der Waals surface area contributed by atoms with E-state index in [0.717, 1.165) is 12.1 Å². The third kappa shape index (κ3) is 6.77. The maximum absolute atomic E-state index is 13.1. The molecule has 0 aliphatic rings. The van der Waals surface area contributed by atoms with E-state index >= 15 is 0 Å². The monoisotopic (exact) mass is 303 g/mol. The van der Waals surface area contributed by atoms with Gasteiger partial charge in [-0.2, -0.15) is 13.2 Å². The SMILES string of the molecule is O=C(CCC(F)(F)F)Nc1ccc(F)cc1C#CCCO. The molecule has 2 N–H and O–H groups in total. The van der Waals surface area contributed by atoms with Crippen molar-refractivity contribution in [2.45, 2.75) is 25.4 Å². The molecule has 0 heterocycles. The normalized spacial score (nSPS) is 10.7.